The van der Waals surface area contributed by atoms with Gasteiger partial charge in [0, 0.05) is 13.0 Å². The summed E-state index contributed by atoms with van der Waals surface area (Å²) in [4.78, 5) is 53.7. The maximum atomic E-state index is 12.0. The molecule has 2 aromatic heterocycles. The zero-order valence-electron chi connectivity index (χ0n) is 11.7. The van der Waals surface area contributed by atoms with Crippen LogP contribution in [-0.2, 0) is 4.79 Å². The number of rotatable bonds is 5. The summed E-state index contributed by atoms with van der Waals surface area (Å²) in [7, 11) is 0. The first-order valence-electron chi connectivity index (χ1n) is 6.52. The number of nitrogens with zero attached hydrogens (tertiary/aromatic N) is 1. The Morgan fingerprint density at radius 2 is 2.05 bits per heavy atom. The standard InChI is InChI=1S/C13H14N4O5/c1-6-5-7(11(20)14-4-2-3-8(18)19)15-10-9(6)12(21)17-13(22)16-10/h5H,2-4H2,1H3,(H,14,20)(H,18,19)(H2,15,16,17,21,22). The second-order valence-corrected chi connectivity index (χ2v) is 4.71. The summed E-state index contributed by atoms with van der Waals surface area (Å²) in [6.45, 7) is 1.81. The van der Waals surface area contributed by atoms with Crippen molar-refractivity contribution >= 4 is 22.9 Å². The fraction of sp³-hybridized carbons (Fsp3) is 0.308. The molecule has 22 heavy (non-hydrogen) atoms. The summed E-state index contributed by atoms with van der Waals surface area (Å²) in [6, 6.07) is 1.43. The lowest BCUT2D eigenvalue weighted by molar-refractivity contribution is -0.137. The number of aromatic amines is 2. The fourth-order valence-electron chi connectivity index (χ4n) is 2.00. The molecule has 0 fully saturated rings. The number of pyridine rings is 1. The van der Waals surface area contributed by atoms with Crippen molar-refractivity contribution in [2.24, 2.45) is 0 Å². The van der Waals surface area contributed by atoms with E-state index in [1.54, 1.807) is 6.92 Å². The Kier molecular flexibility index (Phi) is 4.35. The SMILES string of the molecule is Cc1cc(C(=O)NCCCC(=O)O)nc2[nH]c(=O)[nH]c(=O)c12. The first kappa shape index (κ1) is 15.4. The molecule has 9 heteroatoms. The summed E-state index contributed by atoms with van der Waals surface area (Å²) in [5.74, 6) is -1.44. The van der Waals surface area contributed by atoms with Crippen molar-refractivity contribution in [3.8, 4) is 0 Å². The molecule has 0 unspecified atom stereocenters. The van der Waals surface area contributed by atoms with Crippen LogP contribution in [0.15, 0.2) is 15.7 Å². The molecule has 0 aliphatic heterocycles. The minimum Gasteiger partial charge on any atom is -0.481 e. The van der Waals surface area contributed by atoms with E-state index in [1.165, 1.54) is 6.07 Å². The van der Waals surface area contributed by atoms with Crippen LogP contribution in [-0.4, -0.2) is 38.5 Å². The molecule has 0 saturated heterocycles. The van der Waals surface area contributed by atoms with Crippen LogP contribution in [0.5, 0.6) is 0 Å². The number of aryl methyl sites for hydroxylation is 1. The molecule has 2 heterocycles. The molecule has 0 aliphatic rings. The van der Waals surface area contributed by atoms with Gasteiger partial charge in [0.15, 0.2) is 0 Å². The number of carbonyl (C=O) groups excluding carboxylic acids is 1. The number of fused-ring (bicyclic) bond motifs is 1. The van der Waals surface area contributed by atoms with E-state index in [2.05, 4.69) is 20.3 Å². The van der Waals surface area contributed by atoms with Crippen LogP contribution >= 0.6 is 0 Å². The minimum absolute atomic E-state index is 0.0319. The normalized spacial score (nSPS) is 10.6. The van der Waals surface area contributed by atoms with Crippen LogP contribution in [0.25, 0.3) is 11.0 Å². The van der Waals surface area contributed by atoms with Gasteiger partial charge in [0.1, 0.15) is 11.3 Å². The van der Waals surface area contributed by atoms with E-state index in [0.29, 0.717) is 12.0 Å². The lowest BCUT2D eigenvalue weighted by Gasteiger charge is -2.06. The highest BCUT2D eigenvalue weighted by molar-refractivity contribution is 5.95. The molecular weight excluding hydrogens is 292 g/mol. The highest BCUT2D eigenvalue weighted by Crippen LogP contribution is 2.10. The maximum absolute atomic E-state index is 12.0. The smallest absolute Gasteiger partial charge is 0.327 e. The third-order valence-electron chi connectivity index (χ3n) is 2.99. The van der Waals surface area contributed by atoms with Crippen LogP contribution < -0.4 is 16.6 Å². The van der Waals surface area contributed by atoms with Gasteiger partial charge < -0.3 is 10.4 Å². The summed E-state index contributed by atoms with van der Waals surface area (Å²) in [6.07, 6.45) is 0.247. The monoisotopic (exact) mass is 306 g/mol. The fourth-order valence-corrected chi connectivity index (χ4v) is 2.00. The van der Waals surface area contributed by atoms with Gasteiger partial charge >= 0.3 is 11.7 Å². The number of carboxylic acids is 1. The average molecular weight is 306 g/mol. The number of amides is 1. The zero-order chi connectivity index (χ0) is 16.3. The quantitative estimate of drug-likeness (QED) is 0.549. The number of nitrogens with one attached hydrogen (secondary N) is 3. The average Bonchev–Trinajstić information content (AvgIpc) is 2.41. The second-order valence-electron chi connectivity index (χ2n) is 4.71. The van der Waals surface area contributed by atoms with E-state index < -0.39 is 23.1 Å². The number of aliphatic carboxylic acids is 1. The number of hydrogen-bond donors (Lipinski definition) is 4. The van der Waals surface area contributed by atoms with Crippen molar-refractivity contribution in [3.63, 3.8) is 0 Å². The molecule has 0 atom stereocenters. The van der Waals surface area contributed by atoms with Crippen molar-refractivity contribution in [2.75, 3.05) is 6.54 Å². The Morgan fingerprint density at radius 1 is 1.32 bits per heavy atom. The van der Waals surface area contributed by atoms with Crippen molar-refractivity contribution in [2.45, 2.75) is 19.8 Å². The molecule has 4 N–H and O–H groups in total. The van der Waals surface area contributed by atoms with Crippen molar-refractivity contribution < 1.29 is 14.7 Å². The molecule has 0 saturated carbocycles. The van der Waals surface area contributed by atoms with E-state index >= 15 is 0 Å². The van der Waals surface area contributed by atoms with E-state index in [9.17, 15) is 19.2 Å². The van der Waals surface area contributed by atoms with Crippen LogP contribution in [0.1, 0.15) is 28.9 Å². The number of aromatic nitrogens is 3. The number of carboxylic acid groups (broad SMARTS) is 1. The van der Waals surface area contributed by atoms with Gasteiger partial charge in [-0.15, -0.1) is 0 Å². The molecular formula is C13H14N4O5. The molecule has 0 aliphatic carbocycles. The second kappa shape index (κ2) is 6.20. The van der Waals surface area contributed by atoms with Gasteiger partial charge in [-0.2, -0.15) is 0 Å². The van der Waals surface area contributed by atoms with Crippen LogP contribution in [0.4, 0.5) is 0 Å². The predicted molar refractivity (Wildman–Crippen MR) is 76.9 cm³/mol. The minimum atomic E-state index is -0.939. The van der Waals surface area contributed by atoms with Gasteiger partial charge in [-0.25, -0.2) is 9.78 Å². The summed E-state index contributed by atoms with van der Waals surface area (Å²) in [5, 5.41) is 11.3. The van der Waals surface area contributed by atoms with Crippen molar-refractivity contribution in [1.29, 1.82) is 0 Å². The third-order valence-corrected chi connectivity index (χ3v) is 2.99. The molecule has 0 radical (unpaired) electrons. The molecule has 116 valence electrons. The van der Waals surface area contributed by atoms with Crippen molar-refractivity contribution in [1.82, 2.24) is 20.3 Å². The van der Waals surface area contributed by atoms with Gasteiger partial charge in [0.05, 0.1) is 5.39 Å². The first-order valence-corrected chi connectivity index (χ1v) is 6.52. The number of H-pyrrole nitrogens is 2. The summed E-state index contributed by atoms with van der Waals surface area (Å²) >= 11 is 0. The molecule has 1 amide bonds. The third kappa shape index (κ3) is 3.37. The topological polar surface area (TPSA) is 145 Å². The maximum Gasteiger partial charge on any atom is 0.327 e. The number of hydrogen-bond acceptors (Lipinski definition) is 5. The Balaban J connectivity index is 2.25. The van der Waals surface area contributed by atoms with Gasteiger partial charge in [0.25, 0.3) is 11.5 Å². The Hall–Kier alpha value is -2.97. The zero-order valence-corrected chi connectivity index (χ0v) is 11.7. The van der Waals surface area contributed by atoms with Crippen molar-refractivity contribution in [3.05, 3.63) is 38.2 Å². The van der Waals surface area contributed by atoms with E-state index in [-0.39, 0.29) is 29.7 Å². The van der Waals surface area contributed by atoms with E-state index in [1.807, 2.05) is 0 Å². The van der Waals surface area contributed by atoms with Gasteiger partial charge in [-0.3, -0.25) is 24.4 Å². The Morgan fingerprint density at radius 3 is 2.73 bits per heavy atom. The van der Waals surface area contributed by atoms with Crippen LogP contribution in [0.2, 0.25) is 0 Å². The molecule has 0 spiro atoms. The number of carbonyl (C=O) groups is 2. The summed E-state index contributed by atoms with van der Waals surface area (Å²) in [5.41, 5.74) is -0.704. The lowest BCUT2D eigenvalue weighted by atomic mass is 10.1. The van der Waals surface area contributed by atoms with Crippen LogP contribution in [0.3, 0.4) is 0 Å². The molecule has 0 aromatic carbocycles. The summed E-state index contributed by atoms with van der Waals surface area (Å²) < 4.78 is 0. The van der Waals surface area contributed by atoms with Gasteiger partial charge in [0.2, 0.25) is 0 Å². The molecule has 2 aromatic rings. The Bertz CT molecular complexity index is 852. The predicted octanol–water partition coefficient (Wildman–Crippen LogP) is -0.486. The van der Waals surface area contributed by atoms with Crippen LogP contribution in [0, 0.1) is 6.92 Å². The molecule has 0 bridgehead atoms. The first-order chi connectivity index (χ1) is 10.4. The van der Waals surface area contributed by atoms with E-state index in [0.717, 1.165) is 0 Å². The van der Waals surface area contributed by atoms with E-state index in [4.69, 9.17) is 5.11 Å². The largest absolute Gasteiger partial charge is 0.481 e. The highest BCUT2D eigenvalue weighted by atomic mass is 16.4. The molecule has 2 rings (SSSR count). The molecule has 9 nitrogen and oxygen atoms in total. The highest BCUT2D eigenvalue weighted by Gasteiger charge is 2.13. The van der Waals surface area contributed by atoms with Gasteiger partial charge in [-0.05, 0) is 25.0 Å². The van der Waals surface area contributed by atoms with Gasteiger partial charge in [-0.1, -0.05) is 0 Å². The lowest BCUT2D eigenvalue weighted by Crippen LogP contribution is -2.27. The Labute approximate surface area is 123 Å².